The molecule has 0 saturated carbocycles. The lowest BCUT2D eigenvalue weighted by molar-refractivity contribution is -0.130. The van der Waals surface area contributed by atoms with Gasteiger partial charge in [0, 0.05) is 25.6 Å². The lowest BCUT2D eigenvalue weighted by Crippen LogP contribution is -2.57. The Morgan fingerprint density at radius 1 is 1.56 bits per heavy atom. The Morgan fingerprint density at radius 2 is 2.28 bits per heavy atom. The topological polar surface area (TPSA) is 77.2 Å². The first-order valence-corrected chi connectivity index (χ1v) is 6.19. The molecule has 2 heterocycles. The zero-order valence-electron chi connectivity index (χ0n) is 10.6. The number of hydrogen-bond donors (Lipinski definition) is 2. The quantitative estimate of drug-likeness (QED) is 0.829. The molecule has 1 amide bonds. The van der Waals surface area contributed by atoms with Gasteiger partial charge in [-0.05, 0) is 31.4 Å². The largest absolute Gasteiger partial charge is 0.381 e. The number of nitrogens with one attached hydrogen (secondary N) is 1. The maximum Gasteiger partial charge on any atom is 0.240 e. The minimum atomic E-state index is -0.797. The van der Waals surface area contributed by atoms with E-state index < -0.39 is 5.54 Å². The van der Waals surface area contributed by atoms with Crippen molar-refractivity contribution in [3.05, 3.63) is 30.1 Å². The highest BCUT2D eigenvalue weighted by molar-refractivity contribution is 5.86. The van der Waals surface area contributed by atoms with Gasteiger partial charge in [-0.15, -0.1) is 0 Å². The molecule has 0 bridgehead atoms. The Kier molecular flexibility index (Phi) is 3.93. The van der Waals surface area contributed by atoms with Crippen LogP contribution in [0.15, 0.2) is 24.5 Å². The number of aromatic nitrogens is 1. The molecule has 5 heteroatoms. The van der Waals surface area contributed by atoms with E-state index >= 15 is 0 Å². The number of amides is 1. The van der Waals surface area contributed by atoms with Crippen molar-refractivity contribution in [3.8, 4) is 0 Å². The first-order valence-electron chi connectivity index (χ1n) is 6.19. The summed E-state index contributed by atoms with van der Waals surface area (Å²) in [5.74, 6) is -0.109. The number of carbonyl (C=O) groups excluding carboxylic acids is 1. The van der Waals surface area contributed by atoms with Crippen molar-refractivity contribution in [2.75, 3.05) is 13.2 Å². The molecule has 18 heavy (non-hydrogen) atoms. The van der Waals surface area contributed by atoms with Crippen LogP contribution in [0.3, 0.4) is 0 Å². The molecular formula is C13H19N3O2. The third-order valence-corrected chi connectivity index (χ3v) is 3.37. The van der Waals surface area contributed by atoms with Crippen LogP contribution in [0.2, 0.25) is 0 Å². The second-order valence-electron chi connectivity index (χ2n) is 4.75. The van der Waals surface area contributed by atoms with E-state index in [-0.39, 0.29) is 11.9 Å². The van der Waals surface area contributed by atoms with E-state index in [1.807, 2.05) is 19.1 Å². The molecule has 1 aromatic rings. The summed E-state index contributed by atoms with van der Waals surface area (Å²) in [6, 6.07) is 3.70. The average Bonchev–Trinajstić information content (AvgIpc) is 2.40. The lowest BCUT2D eigenvalue weighted by atomic mass is 9.90. The minimum absolute atomic E-state index is 0.0885. The molecule has 0 radical (unpaired) electrons. The van der Waals surface area contributed by atoms with Crippen molar-refractivity contribution in [2.45, 2.75) is 31.3 Å². The van der Waals surface area contributed by atoms with E-state index in [0.29, 0.717) is 26.1 Å². The Morgan fingerprint density at radius 3 is 2.89 bits per heavy atom. The zero-order valence-corrected chi connectivity index (χ0v) is 10.6. The van der Waals surface area contributed by atoms with Gasteiger partial charge >= 0.3 is 0 Å². The Bertz CT molecular complexity index is 402. The fourth-order valence-corrected chi connectivity index (χ4v) is 2.02. The highest BCUT2D eigenvalue weighted by atomic mass is 16.5. The van der Waals surface area contributed by atoms with Crippen LogP contribution in [0.25, 0.3) is 0 Å². The van der Waals surface area contributed by atoms with Crippen LogP contribution in [-0.4, -0.2) is 29.6 Å². The highest BCUT2D eigenvalue weighted by Crippen LogP contribution is 2.19. The van der Waals surface area contributed by atoms with Crippen LogP contribution >= 0.6 is 0 Å². The number of hydrogen-bond acceptors (Lipinski definition) is 4. The van der Waals surface area contributed by atoms with Gasteiger partial charge in [-0.3, -0.25) is 9.78 Å². The normalized spacial score (nSPS) is 20.1. The number of carbonyl (C=O) groups is 1. The number of nitrogens with zero attached hydrogens (tertiary/aromatic N) is 1. The average molecular weight is 249 g/mol. The van der Waals surface area contributed by atoms with Gasteiger partial charge in [-0.2, -0.15) is 0 Å². The fourth-order valence-electron chi connectivity index (χ4n) is 2.02. The predicted octanol–water partition coefficient (Wildman–Crippen LogP) is 0.767. The molecular weight excluding hydrogens is 230 g/mol. The van der Waals surface area contributed by atoms with Gasteiger partial charge < -0.3 is 15.8 Å². The van der Waals surface area contributed by atoms with Gasteiger partial charge in [0.15, 0.2) is 0 Å². The molecule has 0 spiro atoms. The van der Waals surface area contributed by atoms with E-state index in [2.05, 4.69) is 10.3 Å². The number of rotatable bonds is 3. The first-order chi connectivity index (χ1) is 8.62. The third kappa shape index (κ3) is 2.86. The summed E-state index contributed by atoms with van der Waals surface area (Å²) < 4.78 is 5.23. The van der Waals surface area contributed by atoms with Gasteiger partial charge in [0.1, 0.15) is 0 Å². The van der Waals surface area contributed by atoms with E-state index in [9.17, 15) is 4.79 Å². The number of nitrogens with two attached hydrogens (primary N) is 1. The molecule has 1 fully saturated rings. The molecule has 5 nitrogen and oxygen atoms in total. The van der Waals surface area contributed by atoms with Crippen LogP contribution in [0.4, 0.5) is 0 Å². The van der Waals surface area contributed by atoms with Crippen LogP contribution in [0, 0.1) is 0 Å². The van der Waals surface area contributed by atoms with Gasteiger partial charge in [0.05, 0.1) is 11.6 Å². The summed E-state index contributed by atoms with van der Waals surface area (Å²) in [6.45, 7) is 3.02. The van der Waals surface area contributed by atoms with Gasteiger partial charge in [0.25, 0.3) is 0 Å². The standard InChI is InChI=1S/C13H19N3O2/c1-10(11-3-2-6-15-9-11)16-12(17)13(14)4-7-18-8-5-13/h2-3,6,9-10H,4-5,7-8,14H2,1H3,(H,16,17)/t10-/m1/s1. The molecule has 98 valence electrons. The van der Waals surface area contributed by atoms with Crippen molar-refractivity contribution >= 4 is 5.91 Å². The predicted molar refractivity (Wildman–Crippen MR) is 67.8 cm³/mol. The van der Waals surface area contributed by atoms with E-state index in [4.69, 9.17) is 10.5 Å². The van der Waals surface area contributed by atoms with Gasteiger partial charge in [0.2, 0.25) is 5.91 Å². The molecule has 0 aromatic carbocycles. The molecule has 1 aromatic heterocycles. The van der Waals surface area contributed by atoms with Gasteiger partial charge in [-0.25, -0.2) is 0 Å². The van der Waals surface area contributed by atoms with E-state index in [1.54, 1.807) is 12.4 Å². The second kappa shape index (κ2) is 5.46. The summed E-state index contributed by atoms with van der Waals surface area (Å²) in [5, 5.41) is 2.95. The summed E-state index contributed by atoms with van der Waals surface area (Å²) in [4.78, 5) is 16.2. The molecule has 0 unspecified atom stereocenters. The molecule has 3 N–H and O–H groups in total. The number of pyridine rings is 1. The monoisotopic (exact) mass is 249 g/mol. The smallest absolute Gasteiger partial charge is 0.240 e. The molecule has 2 rings (SSSR count). The zero-order chi connectivity index (χ0) is 13.0. The molecule has 1 aliphatic heterocycles. The lowest BCUT2D eigenvalue weighted by Gasteiger charge is -2.33. The summed E-state index contributed by atoms with van der Waals surface area (Å²) in [7, 11) is 0. The van der Waals surface area contributed by atoms with Crippen molar-refractivity contribution in [1.82, 2.24) is 10.3 Å². The summed E-state index contributed by atoms with van der Waals surface area (Å²) in [5.41, 5.74) is 6.30. The Hall–Kier alpha value is -1.46. The second-order valence-corrected chi connectivity index (χ2v) is 4.75. The minimum Gasteiger partial charge on any atom is -0.381 e. The number of ether oxygens (including phenoxy) is 1. The summed E-state index contributed by atoms with van der Waals surface area (Å²) in [6.07, 6.45) is 4.59. The van der Waals surface area contributed by atoms with E-state index in [0.717, 1.165) is 5.56 Å². The van der Waals surface area contributed by atoms with Gasteiger partial charge in [-0.1, -0.05) is 6.07 Å². The van der Waals surface area contributed by atoms with Crippen LogP contribution < -0.4 is 11.1 Å². The maximum absolute atomic E-state index is 12.2. The molecule has 1 atom stereocenters. The highest BCUT2D eigenvalue weighted by Gasteiger charge is 2.36. The maximum atomic E-state index is 12.2. The van der Waals surface area contributed by atoms with Crippen LogP contribution in [0.1, 0.15) is 31.4 Å². The van der Waals surface area contributed by atoms with Crippen LogP contribution in [-0.2, 0) is 9.53 Å². The van der Waals surface area contributed by atoms with E-state index in [1.165, 1.54) is 0 Å². The van der Waals surface area contributed by atoms with Crippen molar-refractivity contribution in [1.29, 1.82) is 0 Å². The van der Waals surface area contributed by atoms with Crippen LogP contribution in [0.5, 0.6) is 0 Å². The summed E-state index contributed by atoms with van der Waals surface area (Å²) >= 11 is 0. The third-order valence-electron chi connectivity index (χ3n) is 3.37. The molecule has 1 saturated heterocycles. The molecule has 0 aliphatic carbocycles. The van der Waals surface area contributed by atoms with Crippen molar-refractivity contribution in [2.24, 2.45) is 5.73 Å². The first kappa shape index (κ1) is 13.0. The Balaban J connectivity index is 1.98. The SMILES string of the molecule is C[C@@H](NC(=O)C1(N)CCOCC1)c1cccnc1. The molecule has 1 aliphatic rings. The van der Waals surface area contributed by atoms with Crippen molar-refractivity contribution in [3.63, 3.8) is 0 Å². The Labute approximate surface area is 107 Å². The fraction of sp³-hybridized carbons (Fsp3) is 0.538. The van der Waals surface area contributed by atoms with Crippen molar-refractivity contribution < 1.29 is 9.53 Å².